The van der Waals surface area contributed by atoms with E-state index < -0.39 is 5.41 Å². The molecule has 1 saturated carbocycles. The minimum Gasteiger partial charge on any atom is -0.465 e. The van der Waals surface area contributed by atoms with Crippen LogP contribution in [0.25, 0.3) is 0 Å². The quantitative estimate of drug-likeness (QED) is 0.468. The van der Waals surface area contributed by atoms with E-state index in [1.807, 2.05) is 13.8 Å². The van der Waals surface area contributed by atoms with E-state index >= 15 is 0 Å². The van der Waals surface area contributed by atoms with E-state index in [-0.39, 0.29) is 49.2 Å². The molecule has 7 nitrogen and oxygen atoms in total. The summed E-state index contributed by atoms with van der Waals surface area (Å²) in [6, 6.07) is 0. The number of hydrogen-bond donors (Lipinski definition) is 0. The van der Waals surface area contributed by atoms with Crippen LogP contribution in [0.15, 0.2) is 0 Å². The number of methoxy groups -OCH3 is 1. The maximum atomic E-state index is 12.4. The normalized spacial score (nSPS) is 34.9. The number of carbonyl (C=O) groups is 2. The summed E-state index contributed by atoms with van der Waals surface area (Å²) < 4.78 is 27.4. The largest absolute Gasteiger partial charge is 0.465 e. The van der Waals surface area contributed by atoms with Gasteiger partial charge in [-0.15, -0.1) is 0 Å². The third-order valence-corrected chi connectivity index (χ3v) is 5.77. The SMILES string of the molecule is COCC(C)(COC(=O)C1CCOC(C)C1)COC(=O)C1CCC2OC2C1. The smallest absolute Gasteiger partial charge is 0.309 e. The van der Waals surface area contributed by atoms with Gasteiger partial charge in [0.1, 0.15) is 13.2 Å². The second-order valence-corrected chi connectivity index (χ2v) is 8.58. The van der Waals surface area contributed by atoms with Gasteiger partial charge in [0.05, 0.1) is 42.2 Å². The topological polar surface area (TPSA) is 83.6 Å². The second-order valence-electron chi connectivity index (χ2n) is 8.58. The van der Waals surface area contributed by atoms with E-state index in [1.165, 1.54) is 0 Å². The molecule has 0 bridgehead atoms. The number of fused-ring (bicyclic) bond motifs is 1. The zero-order chi connectivity index (χ0) is 19.4. The van der Waals surface area contributed by atoms with Crippen LogP contribution >= 0.6 is 0 Å². The molecular weight excluding hydrogens is 352 g/mol. The van der Waals surface area contributed by atoms with Crippen molar-refractivity contribution in [2.75, 3.05) is 33.5 Å². The first-order valence-corrected chi connectivity index (χ1v) is 9.99. The molecule has 0 radical (unpaired) electrons. The van der Waals surface area contributed by atoms with Crippen molar-refractivity contribution in [2.24, 2.45) is 17.3 Å². The van der Waals surface area contributed by atoms with E-state index in [9.17, 15) is 9.59 Å². The first-order valence-electron chi connectivity index (χ1n) is 9.99. The number of rotatable bonds is 8. The molecule has 0 spiro atoms. The van der Waals surface area contributed by atoms with E-state index in [0.29, 0.717) is 32.2 Å². The summed E-state index contributed by atoms with van der Waals surface area (Å²) in [5, 5.41) is 0. The fraction of sp³-hybridized carbons (Fsp3) is 0.900. The molecule has 7 heteroatoms. The summed E-state index contributed by atoms with van der Waals surface area (Å²) in [6.07, 6.45) is 4.55. The van der Waals surface area contributed by atoms with Gasteiger partial charge in [-0.25, -0.2) is 0 Å². The first kappa shape index (κ1) is 20.6. The Balaban J connectivity index is 1.45. The molecule has 0 N–H and O–H groups in total. The molecule has 0 aromatic rings. The molecular formula is C20H32O7. The summed E-state index contributed by atoms with van der Waals surface area (Å²) in [5.74, 6) is -0.609. The van der Waals surface area contributed by atoms with Gasteiger partial charge in [-0.3, -0.25) is 9.59 Å². The molecule has 3 fully saturated rings. The van der Waals surface area contributed by atoms with Crippen LogP contribution in [0.3, 0.4) is 0 Å². The summed E-state index contributed by atoms with van der Waals surface area (Å²) in [7, 11) is 1.59. The maximum absolute atomic E-state index is 12.4. The van der Waals surface area contributed by atoms with E-state index in [0.717, 1.165) is 19.3 Å². The zero-order valence-electron chi connectivity index (χ0n) is 16.6. The molecule has 3 aliphatic rings. The highest BCUT2D eigenvalue weighted by molar-refractivity contribution is 5.73. The standard InChI is InChI=1S/C20H32O7/c1-13-8-15(6-7-24-13)19(22)26-12-20(2,10-23-3)11-25-18(21)14-4-5-16-17(9-14)27-16/h13-17H,4-12H2,1-3H3. The Morgan fingerprint density at radius 1 is 0.963 bits per heavy atom. The van der Waals surface area contributed by atoms with Crippen LogP contribution in [0.4, 0.5) is 0 Å². The second kappa shape index (κ2) is 8.88. The van der Waals surface area contributed by atoms with Crippen molar-refractivity contribution in [3.8, 4) is 0 Å². The van der Waals surface area contributed by atoms with Gasteiger partial charge in [0.2, 0.25) is 0 Å². The van der Waals surface area contributed by atoms with Gasteiger partial charge in [0, 0.05) is 13.7 Å². The van der Waals surface area contributed by atoms with Crippen LogP contribution in [0.5, 0.6) is 0 Å². The predicted octanol–water partition coefficient (Wildman–Crippen LogP) is 2.11. The van der Waals surface area contributed by atoms with E-state index in [1.54, 1.807) is 7.11 Å². The molecule has 0 aromatic carbocycles. The molecule has 6 atom stereocenters. The molecule has 0 aromatic heterocycles. The van der Waals surface area contributed by atoms with Crippen molar-refractivity contribution in [1.82, 2.24) is 0 Å². The lowest BCUT2D eigenvalue weighted by atomic mass is 9.89. The van der Waals surface area contributed by atoms with Crippen molar-refractivity contribution in [3.63, 3.8) is 0 Å². The van der Waals surface area contributed by atoms with Crippen molar-refractivity contribution >= 4 is 11.9 Å². The predicted molar refractivity (Wildman–Crippen MR) is 96.0 cm³/mol. The Hall–Kier alpha value is -1.18. The van der Waals surface area contributed by atoms with Crippen LogP contribution in [0.1, 0.15) is 46.0 Å². The molecule has 2 saturated heterocycles. The zero-order valence-corrected chi connectivity index (χ0v) is 16.6. The van der Waals surface area contributed by atoms with Gasteiger partial charge < -0.3 is 23.7 Å². The number of ether oxygens (including phenoxy) is 5. The highest BCUT2D eigenvalue weighted by Gasteiger charge is 2.46. The third kappa shape index (κ3) is 5.65. The van der Waals surface area contributed by atoms with E-state index in [4.69, 9.17) is 23.7 Å². The molecule has 0 amide bonds. The number of epoxide rings is 1. The first-order chi connectivity index (χ1) is 12.9. The summed E-state index contributed by atoms with van der Waals surface area (Å²) in [6.45, 7) is 5.13. The molecule has 6 unspecified atom stereocenters. The van der Waals surface area contributed by atoms with Crippen molar-refractivity contribution < 1.29 is 33.3 Å². The summed E-state index contributed by atoms with van der Waals surface area (Å²) >= 11 is 0. The van der Waals surface area contributed by atoms with Crippen molar-refractivity contribution in [1.29, 1.82) is 0 Å². The highest BCUT2D eigenvalue weighted by atomic mass is 16.6. The molecule has 1 aliphatic carbocycles. The van der Waals surface area contributed by atoms with E-state index in [2.05, 4.69) is 0 Å². The molecule has 2 heterocycles. The number of esters is 2. The average molecular weight is 384 g/mol. The lowest BCUT2D eigenvalue weighted by molar-refractivity contribution is -0.164. The minimum atomic E-state index is -0.565. The maximum Gasteiger partial charge on any atom is 0.309 e. The van der Waals surface area contributed by atoms with Crippen LogP contribution in [0.2, 0.25) is 0 Å². The summed E-state index contributed by atoms with van der Waals surface area (Å²) in [5.41, 5.74) is -0.565. The Morgan fingerprint density at radius 3 is 2.22 bits per heavy atom. The van der Waals surface area contributed by atoms with Gasteiger partial charge >= 0.3 is 11.9 Å². The van der Waals surface area contributed by atoms with Gasteiger partial charge in [-0.1, -0.05) is 6.92 Å². The van der Waals surface area contributed by atoms with Gasteiger partial charge in [-0.05, 0) is 39.0 Å². The van der Waals surface area contributed by atoms with Crippen LogP contribution in [-0.4, -0.2) is 63.8 Å². The fourth-order valence-corrected chi connectivity index (χ4v) is 4.03. The Bertz CT molecular complexity index is 512. The van der Waals surface area contributed by atoms with Crippen LogP contribution in [0, 0.1) is 17.3 Å². The monoisotopic (exact) mass is 384 g/mol. The summed E-state index contributed by atoms with van der Waals surface area (Å²) in [4.78, 5) is 24.8. The third-order valence-electron chi connectivity index (χ3n) is 5.77. The van der Waals surface area contributed by atoms with Crippen molar-refractivity contribution in [3.05, 3.63) is 0 Å². The van der Waals surface area contributed by atoms with Crippen molar-refractivity contribution in [2.45, 2.75) is 64.3 Å². The minimum absolute atomic E-state index is 0.0770. The molecule has 3 rings (SSSR count). The number of carbonyl (C=O) groups excluding carboxylic acids is 2. The lowest BCUT2D eigenvalue weighted by Crippen LogP contribution is -2.38. The average Bonchev–Trinajstić information content (AvgIpc) is 3.43. The van der Waals surface area contributed by atoms with Crippen LogP contribution < -0.4 is 0 Å². The Morgan fingerprint density at radius 2 is 1.63 bits per heavy atom. The Kier molecular flexibility index (Phi) is 6.76. The molecule has 27 heavy (non-hydrogen) atoms. The fourth-order valence-electron chi connectivity index (χ4n) is 4.03. The van der Waals surface area contributed by atoms with Gasteiger partial charge in [0.25, 0.3) is 0 Å². The Labute approximate surface area is 161 Å². The molecule has 2 aliphatic heterocycles. The number of hydrogen-bond acceptors (Lipinski definition) is 7. The van der Waals surface area contributed by atoms with Gasteiger partial charge in [0.15, 0.2) is 0 Å². The van der Waals surface area contributed by atoms with Gasteiger partial charge in [-0.2, -0.15) is 0 Å². The lowest BCUT2D eigenvalue weighted by Gasteiger charge is -2.31. The highest BCUT2D eigenvalue weighted by Crippen LogP contribution is 2.40. The van der Waals surface area contributed by atoms with Crippen LogP contribution in [-0.2, 0) is 33.3 Å². The molecule has 154 valence electrons.